The van der Waals surface area contributed by atoms with Gasteiger partial charge in [0.15, 0.2) is 5.16 Å². The molecule has 0 spiro atoms. The largest absolute Gasteiger partial charge is 0.481 e. The number of unbranched alkanes of at least 4 members (excludes halogenated alkanes) is 2. The van der Waals surface area contributed by atoms with Gasteiger partial charge in [0, 0.05) is 6.54 Å². The van der Waals surface area contributed by atoms with E-state index in [1.54, 1.807) is 0 Å². The van der Waals surface area contributed by atoms with E-state index in [0.29, 0.717) is 0 Å². The smallest absolute Gasteiger partial charge is 0.313 e. The first-order valence-electron chi connectivity index (χ1n) is 7.01. The van der Waals surface area contributed by atoms with E-state index in [-0.39, 0.29) is 5.75 Å². The molecule has 2 rings (SSSR count). The van der Waals surface area contributed by atoms with E-state index < -0.39 is 5.97 Å². The van der Waals surface area contributed by atoms with Gasteiger partial charge in [-0.1, -0.05) is 30.3 Å². The Balaban J connectivity index is 2.09. The Morgan fingerprint density at radius 2 is 2.10 bits per heavy atom. The molecule has 2 aromatic rings. The van der Waals surface area contributed by atoms with Crippen LogP contribution in [0, 0.1) is 0 Å². The molecule has 6 heteroatoms. The molecule has 0 radical (unpaired) electrons. The third-order valence-electron chi connectivity index (χ3n) is 3.17. The lowest BCUT2D eigenvalue weighted by atomic mass is 10.2. The van der Waals surface area contributed by atoms with Gasteiger partial charge < -0.3 is 9.67 Å². The van der Waals surface area contributed by atoms with Crippen LogP contribution in [-0.2, 0) is 11.3 Å². The molecule has 1 aromatic carbocycles. The molecule has 4 nitrogen and oxygen atoms in total. The monoisotopic (exact) mass is 324 g/mol. The first kappa shape index (κ1) is 16.2. The predicted molar refractivity (Wildman–Crippen MR) is 90.3 cm³/mol. The van der Waals surface area contributed by atoms with Gasteiger partial charge in [-0.25, -0.2) is 4.98 Å². The predicted octanol–water partition coefficient (Wildman–Crippen LogP) is 3.75. The normalized spacial score (nSPS) is 11.1. The summed E-state index contributed by atoms with van der Waals surface area (Å²) >= 11 is 3.18. The highest BCUT2D eigenvalue weighted by atomic mass is 32.2. The van der Waals surface area contributed by atoms with Crippen LogP contribution in [0.15, 0.2) is 29.4 Å². The molecular weight excluding hydrogens is 304 g/mol. The molecule has 0 aliphatic carbocycles. The third-order valence-corrected chi connectivity index (χ3v) is 4.83. The summed E-state index contributed by atoms with van der Waals surface area (Å²) in [6.45, 7) is 0.900. The summed E-state index contributed by atoms with van der Waals surface area (Å²) in [4.78, 5) is 15.3. The fourth-order valence-electron chi connectivity index (χ4n) is 2.20. The summed E-state index contributed by atoms with van der Waals surface area (Å²) in [5, 5.41) is 9.66. The van der Waals surface area contributed by atoms with Gasteiger partial charge in [-0.05, 0) is 37.0 Å². The maximum atomic E-state index is 10.8. The average molecular weight is 324 g/mol. The second kappa shape index (κ2) is 8.34. The minimum atomic E-state index is -0.807. The molecule has 0 saturated heterocycles. The van der Waals surface area contributed by atoms with Crippen LogP contribution in [0.2, 0.25) is 0 Å². The first-order valence-corrected chi connectivity index (χ1v) is 9.39. The molecule has 0 aliphatic rings. The van der Waals surface area contributed by atoms with E-state index in [1.807, 2.05) is 30.0 Å². The first-order chi connectivity index (χ1) is 10.2. The number of para-hydroxylation sites is 2. The zero-order valence-electron chi connectivity index (χ0n) is 12.1. The number of carboxylic acids is 1. The van der Waals surface area contributed by atoms with Crippen LogP contribution in [0.25, 0.3) is 11.0 Å². The van der Waals surface area contributed by atoms with Crippen molar-refractivity contribution in [2.24, 2.45) is 0 Å². The van der Waals surface area contributed by atoms with Crippen LogP contribution in [-0.4, -0.2) is 38.4 Å². The van der Waals surface area contributed by atoms with Crippen molar-refractivity contribution in [2.45, 2.75) is 31.0 Å². The minimum Gasteiger partial charge on any atom is -0.481 e. The second-order valence-corrected chi connectivity index (χ2v) is 6.70. The lowest BCUT2D eigenvalue weighted by molar-refractivity contribution is -0.133. The fraction of sp³-hybridized carbons (Fsp3) is 0.467. The maximum absolute atomic E-state index is 10.8. The number of imidazole rings is 1. The van der Waals surface area contributed by atoms with E-state index in [0.717, 1.165) is 29.2 Å². The Kier molecular flexibility index (Phi) is 6.45. The SMILES string of the molecule is CSCCCCCn1c(SCC(=O)O)nc2ccccc21. The molecule has 0 unspecified atom stereocenters. The Bertz CT molecular complexity index is 598. The van der Waals surface area contributed by atoms with Gasteiger partial charge in [-0.2, -0.15) is 11.8 Å². The van der Waals surface area contributed by atoms with E-state index in [1.165, 1.54) is 30.4 Å². The van der Waals surface area contributed by atoms with Crippen molar-refractivity contribution in [3.8, 4) is 0 Å². The second-order valence-electron chi connectivity index (χ2n) is 4.77. The van der Waals surface area contributed by atoms with Gasteiger partial charge in [-0.15, -0.1) is 0 Å². The van der Waals surface area contributed by atoms with Gasteiger partial charge >= 0.3 is 5.97 Å². The number of hydrogen-bond acceptors (Lipinski definition) is 4. The summed E-state index contributed by atoms with van der Waals surface area (Å²) in [5.41, 5.74) is 2.03. The Hall–Kier alpha value is -1.14. The number of thioether (sulfide) groups is 2. The number of nitrogens with zero attached hydrogens (tertiary/aromatic N) is 2. The molecule has 0 bridgehead atoms. The van der Waals surface area contributed by atoms with Crippen molar-refractivity contribution in [2.75, 3.05) is 17.8 Å². The summed E-state index contributed by atoms with van der Waals surface area (Å²) in [6, 6.07) is 7.99. The summed E-state index contributed by atoms with van der Waals surface area (Å²) < 4.78 is 2.15. The van der Waals surface area contributed by atoms with Crippen LogP contribution in [0.5, 0.6) is 0 Å². The number of fused-ring (bicyclic) bond motifs is 1. The number of carboxylic acid groups (broad SMARTS) is 1. The number of aromatic nitrogens is 2. The molecule has 1 aromatic heterocycles. The van der Waals surface area contributed by atoms with Crippen LogP contribution in [0.4, 0.5) is 0 Å². The number of hydrogen-bond donors (Lipinski definition) is 1. The summed E-state index contributed by atoms with van der Waals surface area (Å²) in [7, 11) is 0. The van der Waals surface area contributed by atoms with Crippen LogP contribution < -0.4 is 0 Å². The zero-order valence-corrected chi connectivity index (χ0v) is 13.8. The summed E-state index contributed by atoms with van der Waals surface area (Å²) in [6.07, 6.45) is 5.65. The third kappa shape index (κ3) is 4.68. The molecule has 0 atom stereocenters. The summed E-state index contributed by atoms with van der Waals surface area (Å²) in [5.74, 6) is 0.444. The lowest BCUT2D eigenvalue weighted by Gasteiger charge is -2.08. The van der Waals surface area contributed by atoms with Crippen LogP contribution in [0.3, 0.4) is 0 Å². The highest BCUT2D eigenvalue weighted by Crippen LogP contribution is 2.24. The molecule has 114 valence electrons. The van der Waals surface area contributed by atoms with Crippen molar-refractivity contribution in [3.05, 3.63) is 24.3 Å². The molecule has 1 heterocycles. The van der Waals surface area contributed by atoms with Crippen molar-refractivity contribution >= 4 is 40.5 Å². The van der Waals surface area contributed by atoms with Crippen molar-refractivity contribution in [3.63, 3.8) is 0 Å². The molecule has 0 aliphatic heterocycles. The molecule has 0 amide bonds. The highest BCUT2D eigenvalue weighted by Gasteiger charge is 2.12. The van der Waals surface area contributed by atoms with E-state index >= 15 is 0 Å². The number of carbonyl (C=O) groups is 1. The van der Waals surface area contributed by atoms with Gasteiger partial charge in [-0.3, -0.25) is 4.79 Å². The topological polar surface area (TPSA) is 55.1 Å². The van der Waals surface area contributed by atoms with Crippen LogP contribution >= 0.6 is 23.5 Å². The zero-order chi connectivity index (χ0) is 15.1. The Morgan fingerprint density at radius 3 is 2.86 bits per heavy atom. The van der Waals surface area contributed by atoms with Crippen LogP contribution in [0.1, 0.15) is 19.3 Å². The Morgan fingerprint density at radius 1 is 1.29 bits per heavy atom. The fourth-order valence-corrected chi connectivity index (χ4v) is 3.45. The van der Waals surface area contributed by atoms with Crippen molar-refractivity contribution in [1.29, 1.82) is 0 Å². The molecule has 1 N–H and O–H groups in total. The van der Waals surface area contributed by atoms with Gasteiger partial charge in [0.05, 0.1) is 16.8 Å². The minimum absolute atomic E-state index is 0.0514. The van der Waals surface area contributed by atoms with E-state index in [9.17, 15) is 4.79 Å². The molecular formula is C15H20N2O2S2. The number of benzene rings is 1. The number of aryl methyl sites for hydroxylation is 1. The van der Waals surface area contributed by atoms with Crippen molar-refractivity contribution in [1.82, 2.24) is 9.55 Å². The highest BCUT2D eigenvalue weighted by molar-refractivity contribution is 7.99. The van der Waals surface area contributed by atoms with E-state index in [2.05, 4.69) is 21.9 Å². The molecule has 0 saturated carbocycles. The van der Waals surface area contributed by atoms with Gasteiger partial charge in [0.2, 0.25) is 0 Å². The number of aliphatic carboxylic acids is 1. The molecule has 21 heavy (non-hydrogen) atoms. The van der Waals surface area contributed by atoms with E-state index in [4.69, 9.17) is 5.11 Å². The standard InChI is InChI=1S/C15H20N2O2S2/c1-20-10-6-2-5-9-17-13-8-4-3-7-12(13)16-15(17)21-11-14(18)19/h3-4,7-8H,2,5-6,9-11H2,1H3,(H,18,19). The maximum Gasteiger partial charge on any atom is 0.313 e. The number of rotatable bonds is 9. The Labute approximate surface area is 133 Å². The molecule has 0 fully saturated rings. The van der Waals surface area contributed by atoms with Gasteiger partial charge in [0.25, 0.3) is 0 Å². The lowest BCUT2D eigenvalue weighted by Crippen LogP contribution is -2.03. The van der Waals surface area contributed by atoms with Crippen molar-refractivity contribution < 1.29 is 9.90 Å². The average Bonchev–Trinajstić information content (AvgIpc) is 2.83. The quantitative estimate of drug-likeness (QED) is 0.562. The van der Waals surface area contributed by atoms with Gasteiger partial charge in [0.1, 0.15) is 0 Å².